The molecule has 0 aliphatic rings. The van der Waals surface area contributed by atoms with E-state index in [0.29, 0.717) is 0 Å². The molecular weight excluding hydrogens is 248 g/mol. The second kappa shape index (κ2) is 25.7. The summed E-state index contributed by atoms with van der Waals surface area (Å²) in [6.45, 7) is 0. The summed E-state index contributed by atoms with van der Waals surface area (Å²) in [5.41, 5.74) is 0. The summed E-state index contributed by atoms with van der Waals surface area (Å²) in [4.78, 5) is 0. The van der Waals surface area contributed by atoms with Crippen LogP contribution in [0.3, 0.4) is 0 Å². The predicted octanol–water partition coefficient (Wildman–Crippen LogP) is -5.14. The van der Waals surface area contributed by atoms with Gasteiger partial charge in [-0.3, -0.25) is 0 Å². The van der Waals surface area contributed by atoms with Crippen LogP contribution in [0, 0.1) is 31.1 Å². The van der Waals surface area contributed by atoms with Gasteiger partial charge in [0.15, 0.2) is 31.1 Å². The molecule has 0 amide bonds. The van der Waals surface area contributed by atoms with Gasteiger partial charge in [0.1, 0.15) is 0 Å². The van der Waals surface area contributed by atoms with Crippen LogP contribution in [-0.4, -0.2) is 23.1 Å². The molecule has 0 N–H and O–H groups in total. The van der Waals surface area contributed by atoms with Gasteiger partial charge in [-0.15, -0.1) is 0 Å². The first-order valence-corrected chi connectivity index (χ1v) is 3.21. The van der Waals surface area contributed by atoms with Gasteiger partial charge in [-0.25, -0.2) is 0 Å². The van der Waals surface area contributed by atoms with Crippen molar-refractivity contribution in [2.75, 3.05) is 0 Å². The zero-order chi connectivity index (χ0) is 5.41. The van der Waals surface area contributed by atoms with Crippen LogP contribution in [0.25, 0.3) is 0 Å². The molecule has 0 atom stereocenters. The molecule has 0 rings (SSSR count). The Hall–Kier alpha value is 1.57. The number of hydrogen-bond donors (Lipinski definition) is 0. The molecule has 0 aromatic carbocycles. The van der Waals surface area contributed by atoms with Crippen LogP contribution in [0.1, 0.15) is 0 Å². The molecule has 0 spiro atoms. The largest absolute Gasteiger partial charge is 2.00 e. The van der Waals surface area contributed by atoms with Crippen LogP contribution >= 0.6 is 0 Å². The summed E-state index contributed by atoms with van der Waals surface area (Å²) in [6.07, 6.45) is 0. The second-order valence-corrected chi connectivity index (χ2v) is 0.655. The Labute approximate surface area is 70.6 Å². The van der Waals surface area contributed by atoms with E-state index in [4.69, 9.17) is 16.8 Å². The predicted molar refractivity (Wildman–Crippen MR) is 5.75 cm³/mol. The van der Waals surface area contributed by atoms with Gasteiger partial charge in [-0.1, -0.05) is 0 Å². The maximum atomic E-state index is 8.41. The van der Waals surface area contributed by atoms with Gasteiger partial charge in [0.2, 0.25) is 0 Å². The fourth-order valence-electron chi connectivity index (χ4n) is 0. The molecule has 0 aromatic rings. The SMILES string of the molecule is [Mg+2].[O-][Br+][O-].[O-][Br+][O-]. The van der Waals surface area contributed by atoms with Crippen LogP contribution in [0.4, 0.5) is 0 Å². The Balaban J connectivity index is -0.0000000400. The molecule has 0 unspecified atom stereocenters. The monoisotopic (exact) mass is 246 g/mol. The van der Waals surface area contributed by atoms with E-state index in [1.54, 1.807) is 0 Å². The van der Waals surface area contributed by atoms with Crippen molar-refractivity contribution in [3.63, 3.8) is 0 Å². The number of halogens is 2. The summed E-state index contributed by atoms with van der Waals surface area (Å²) in [7, 11) is 0. The van der Waals surface area contributed by atoms with E-state index in [0.717, 1.165) is 0 Å². The van der Waals surface area contributed by atoms with Gasteiger partial charge in [0.25, 0.3) is 0 Å². The van der Waals surface area contributed by atoms with Crippen LogP contribution in [0.15, 0.2) is 0 Å². The average molecular weight is 248 g/mol. The Kier molecular flexibility index (Phi) is 58.0. The maximum absolute atomic E-state index is 8.41. The topological polar surface area (TPSA) is 92.2 Å². The van der Waals surface area contributed by atoms with Crippen molar-refractivity contribution in [2.45, 2.75) is 0 Å². The molecule has 0 aromatic heterocycles. The van der Waals surface area contributed by atoms with Crippen molar-refractivity contribution in [3.05, 3.63) is 0 Å². The molecular formula is Br2MgO4. The standard InChI is InChI=1S/2BrO2.Mg/c2*2-1-3;/q2*-1;+2. The van der Waals surface area contributed by atoms with Gasteiger partial charge in [0, 0.05) is 0 Å². The van der Waals surface area contributed by atoms with Crippen LogP contribution in [0.5, 0.6) is 0 Å². The number of rotatable bonds is 0. The van der Waals surface area contributed by atoms with Crippen molar-refractivity contribution in [1.29, 1.82) is 0 Å². The maximum Gasteiger partial charge on any atom is 2.00 e. The summed E-state index contributed by atoms with van der Waals surface area (Å²) < 4.78 is 33.6. The third-order valence-corrected chi connectivity index (χ3v) is 0. The van der Waals surface area contributed by atoms with E-state index in [1.807, 2.05) is 0 Å². The zero-order valence-corrected chi connectivity index (χ0v) is 7.68. The van der Waals surface area contributed by atoms with Gasteiger partial charge >= 0.3 is 23.1 Å². The molecule has 0 aliphatic heterocycles. The van der Waals surface area contributed by atoms with Gasteiger partial charge in [0.05, 0.1) is 0 Å². The summed E-state index contributed by atoms with van der Waals surface area (Å²) >= 11 is -2.88. The molecule has 0 heterocycles. The molecule has 0 fully saturated rings. The first kappa shape index (κ1) is 15.8. The molecule has 0 bridgehead atoms. The smallest absolute Gasteiger partial charge is 0.585 e. The van der Waals surface area contributed by atoms with E-state index in [-0.39, 0.29) is 23.1 Å². The Morgan fingerprint density at radius 2 is 0.714 bits per heavy atom. The summed E-state index contributed by atoms with van der Waals surface area (Å²) in [5, 5.41) is 0. The Morgan fingerprint density at radius 1 is 0.714 bits per heavy atom. The van der Waals surface area contributed by atoms with Crippen molar-refractivity contribution < 1.29 is 47.9 Å². The van der Waals surface area contributed by atoms with E-state index in [1.165, 1.54) is 0 Å². The molecule has 0 saturated heterocycles. The summed E-state index contributed by atoms with van der Waals surface area (Å²) in [5.74, 6) is 0. The van der Waals surface area contributed by atoms with Gasteiger partial charge < -0.3 is 16.8 Å². The van der Waals surface area contributed by atoms with Crippen LogP contribution in [0.2, 0.25) is 0 Å². The number of hydrogen-bond acceptors (Lipinski definition) is 4. The second-order valence-electron chi connectivity index (χ2n) is 0.126. The van der Waals surface area contributed by atoms with Crippen LogP contribution < -0.4 is 16.8 Å². The van der Waals surface area contributed by atoms with Crippen molar-refractivity contribution >= 4 is 23.1 Å². The zero-order valence-electron chi connectivity index (χ0n) is 3.10. The van der Waals surface area contributed by atoms with Crippen molar-refractivity contribution in [3.8, 4) is 0 Å². The summed E-state index contributed by atoms with van der Waals surface area (Å²) in [6, 6.07) is 0. The van der Waals surface area contributed by atoms with Crippen molar-refractivity contribution in [1.82, 2.24) is 0 Å². The van der Waals surface area contributed by atoms with E-state index in [9.17, 15) is 0 Å². The first-order chi connectivity index (χ1) is 2.83. The average Bonchev–Trinajstić information content (AvgIpc) is 1.39. The van der Waals surface area contributed by atoms with E-state index < -0.39 is 31.1 Å². The quantitative estimate of drug-likeness (QED) is 0.401. The normalized spacial score (nSPS) is 5.14. The molecule has 0 saturated carbocycles. The molecule has 40 valence electrons. The first-order valence-electron chi connectivity index (χ1n) is 0.617. The van der Waals surface area contributed by atoms with Crippen LogP contribution in [-0.2, 0) is 0 Å². The minimum Gasteiger partial charge on any atom is -0.585 e. The molecule has 7 heavy (non-hydrogen) atoms. The third kappa shape index (κ3) is 95.6. The van der Waals surface area contributed by atoms with Gasteiger partial charge in [-0.2, -0.15) is 0 Å². The fourth-order valence-corrected chi connectivity index (χ4v) is 0. The minimum absolute atomic E-state index is 0. The molecule has 4 nitrogen and oxygen atoms in total. The molecule has 0 radical (unpaired) electrons. The van der Waals surface area contributed by atoms with Crippen molar-refractivity contribution in [2.24, 2.45) is 0 Å². The fraction of sp³-hybridized carbons (Fsp3) is 0. The molecule has 7 heteroatoms. The Morgan fingerprint density at radius 3 is 0.714 bits per heavy atom. The van der Waals surface area contributed by atoms with E-state index >= 15 is 0 Å². The third-order valence-electron chi connectivity index (χ3n) is 0. The van der Waals surface area contributed by atoms with E-state index in [2.05, 4.69) is 0 Å². The minimum atomic E-state index is -1.44. The van der Waals surface area contributed by atoms with Gasteiger partial charge in [-0.05, 0) is 0 Å². The Bertz CT molecular complexity index is 11.7. The molecule has 0 aliphatic carbocycles.